The van der Waals surface area contributed by atoms with Crippen LogP contribution < -0.4 is 10.6 Å². The van der Waals surface area contributed by atoms with Crippen LogP contribution in [0.3, 0.4) is 0 Å². The van der Waals surface area contributed by atoms with E-state index >= 15 is 0 Å². The molecule has 0 aromatic carbocycles. The third kappa shape index (κ3) is 4.39. The first-order chi connectivity index (χ1) is 11.5. The number of carbonyl (C=O) groups excluding carboxylic acids is 2. The van der Waals surface area contributed by atoms with E-state index in [1.165, 1.54) is 12.4 Å². The molecule has 2 heterocycles. The second-order valence-electron chi connectivity index (χ2n) is 5.01. The summed E-state index contributed by atoms with van der Waals surface area (Å²) in [5.41, 5.74) is 0.761. The molecule has 0 aliphatic rings. The average molecular weight is 347 g/mol. The first-order valence-electron chi connectivity index (χ1n) is 7.35. The lowest BCUT2D eigenvalue weighted by Gasteiger charge is -2.13. The maximum atomic E-state index is 12.3. The summed E-state index contributed by atoms with van der Waals surface area (Å²) in [5.74, 6) is -1.96. The molecule has 3 N–H and O–H groups in total. The van der Waals surface area contributed by atoms with Crippen molar-refractivity contribution in [3.63, 3.8) is 0 Å². The number of aliphatic carboxylic acids is 1. The van der Waals surface area contributed by atoms with Crippen LogP contribution in [0.2, 0.25) is 0 Å². The Balaban J connectivity index is 2.10. The van der Waals surface area contributed by atoms with Gasteiger partial charge >= 0.3 is 5.97 Å². The zero-order valence-electron chi connectivity index (χ0n) is 13.0. The molecule has 0 bridgehead atoms. The number of hydrogen-bond acceptors (Lipinski definition) is 5. The van der Waals surface area contributed by atoms with Crippen LogP contribution in [0.5, 0.6) is 0 Å². The highest BCUT2D eigenvalue weighted by Crippen LogP contribution is 2.23. The van der Waals surface area contributed by atoms with Crippen LogP contribution in [0.15, 0.2) is 36.0 Å². The van der Waals surface area contributed by atoms with Crippen LogP contribution in [0.1, 0.15) is 39.8 Å². The average Bonchev–Trinajstić information content (AvgIpc) is 3.03. The van der Waals surface area contributed by atoms with E-state index in [4.69, 9.17) is 5.11 Å². The topological polar surface area (TPSA) is 108 Å². The maximum absolute atomic E-state index is 12.3. The third-order valence-electron chi connectivity index (χ3n) is 3.24. The van der Waals surface area contributed by atoms with E-state index in [1.54, 1.807) is 23.6 Å². The fourth-order valence-electron chi connectivity index (χ4n) is 2.05. The molecule has 7 nitrogen and oxygen atoms in total. The zero-order chi connectivity index (χ0) is 17.5. The number of nitrogens with zero attached hydrogens (tertiary/aromatic N) is 1. The maximum Gasteiger partial charge on any atom is 0.326 e. The molecule has 126 valence electrons. The minimum absolute atomic E-state index is 0.264. The summed E-state index contributed by atoms with van der Waals surface area (Å²) in [7, 11) is 0. The summed E-state index contributed by atoms with van der Waals surface area (Å²) in [6.07, 6.45) is 3.97. The van der Waals surface area contributed by atoms with Crippen LogP contribution in [0, 0.1) is 0 Å². The molecule has 1 atom stereocenters. The van der Waals surface area contributed by atoms with E-state index in [1.807, 2.05) is 6.92 Å². The number of aromatic nitrogens is 1. The van der Waals surface area contributed by atoms with Gasteiger partial charge in [0.2, 0.25) is 0 Å². The normalized spacial score (nSPS) is 11.5. The van der Waals surface area contributed by atoms with Crippen molar-refractivity contribution in [3.8, 4) is 0 Å². The summed E-state index contributed by atoms with van der Waals surface area (Å²) in [5, 5.41) is 15.9. The highest BCUT2D eigenvalue weighted by molar-refractivity contribution is 7.12. The van der Waals surface area contributed by atoms with Crippen molar-refractivity contribution in [2.24, 2.45) is 0 Å². The van der Waals surface area contributed by atoms with Crippen molar-refractivity contribution in [1.29, 1.82) is 0 Å². The van der Waals surface area contributed by atoms with Gasteiger partial charge in [-0.25, -0.2) is 4.79 Å². The van der Waals surface area contributed by atoms with Gasteiger partial charge in [0, 0.05) is 18.0 Å². The predicted molar refractivity (Wildman–Crippen MR) is 90.3 cm³/mol. The molecule has 8 heteroatoms. The minimum atomic E-state index is -1.08. The van der Waals surface area contributed by atoms with Gasteiger partial charge in [0.15, 0.2) is 0 Å². The minimum Gasteiger partial charge on any atom is -0.480 e. The fraction of sp³-hybridized carbons (Fsp3) is 0.250. The Morgan fingerprint density at radius 2 is 1.92 bits per heavy atom. The fourth-order valence-corrected chi connectivity index (χ4v) is 2.80. The third-order valence-corrected chi connectivity index (χ3v) is 4.16. The Labute approximate surface area is 142 Å². The smallest absolute Gasteiger partial charge is 0.326 e. The van der Waals surface area contributed by atoms with E-state index in [0.717, 1.165) is 11.3 Å². The number of carbonyl (C=O) groups is 3. The molecule has 2 amide bonds. The lowest BCUT2D eigenvalue weighted by Crippen LogP contribution is -2.40. The Bertz CT molecular complexity index is 730. The van der Waals surface area contributed by atoms with Gasteiger partial charge in [-0.1, -0.05) is 13.3 Å². The zero-order valence-corrected chi connectivity index (χ0v) is 13.8. The second-order valence-corrected chi connectivity index (χ2v) is 5.92. The van der Waals surface area contributed by atoms with Gasteiger partial charge in [-0.3, -0.25) is 14.6 Å². The molecular weight excluding hydrogens is 330 g/mol. The number of anilines is 1. The Kier molecular flexibility index (Phi) is 6.02. The number of nitrogens with one attached hydrogen (secondary N) is 2. The number of carboxylic acid groups (broad SMARTS) is 1. The van der Waals surface area contributed by atoms with Crippen LogP contribution in [-0.2, 0) is 4.79 Å². The van der Waals surface area contributed by atoms with Crippen molar-refractivity contribution in [2.75, 3.05) is 5.32 Å². The van der Waals surface area contributed by atoms with Crippen molar-refractivity contribution < 1.29 is 19.5 Å². The summed E-state index contributed by atoms with van der Waals surface area (Å²) < 4.78 is 0. The Hall–Kier alpha value is -2.74. The molecule has 0 saturated heterocycles. The lowest BCUT2D eigenvalue weighted by atomic mass is 10.1. The molecule has 2 rings (SSSR count). The van der Waals surface area contributed by atoms with Gasteiger partial charge in [0.05, 0.1) is 5.69 Å². The molecule has 2 aromatic heterocycles. The molecule has 0 spiro atoms. The van der Waals surface area contributed by atoms with Gasteiger partial charge in [0.1, 0.15) is 10.9 Å². The summed E-state index contributed by atoms with van der Waals surface area (Å²) >= 11 is 1.13. The molecule has 2 aromatic rings. The van der Waals surface area contributed by atoms with Crippen LogP contribution in [-0.4, -0.2) is 33.9 Å². The molecule has 0 radical (unpaired) electrons. The number of pyridine rings is 1. The quantitative estimate of drug-likeness (QED) is 0.712. The number of hydrogen-bond donors (Lipinski definition) is 3. The van der Waals surface area contributed by atoms with E-state index in [2.05, 4.69) is 15.6 Å². The van der Waals surface area contributed by atoms with Gasteiger partial charge in [-0.15, -0.1) is 11.3 Å². The van der Waals surface area contributed by atoms with Crippen LogP contribution >= 0.6 is 11.3 Å². The van der Waals surface area contributed by atoms with Gasteiger partial charge < -0.3 is 15.7 Å². The van der Waals surface area contributed by atoms with E-state index < -0.39 is 17.9 Å². The SMILES string of the molecule is CCCC(NC(=O)c1sccc1NC(=O)c1ccncc1)C(=O)O. The predicted octanol–water partition coefficient (Wildman–Crippen LogP) is 2.38. The van der Waals surface area contributed by atoms with Gasteiger partial charge in [-0.2, -0.15) is 0 Å². The molecule has 0 aliphatic heterocycles. The lowest BCUT2D eigenvalue weighted by molar-refractivity contribution is -0.139. The summed E-state index contributed by atoms with van der Waals surface area (Å²) in [4.78, 5) is 39.7. The van der Waals surface area contributed by atoms with Crippen LogP contribution in [0.25, 0.3) is 0 Å². The van der Waals surface area contributed by atoms with Crippen molar-refractivity contribution in [2.45, 2.75) is 25.8 Å². The van der Waals surface area contributed by atoms with Crippen molar-refractivity contribution in [3.05, 3.63) is 46.4 Å². The summed E-state index contributed by atoms with van der Waals surface area (Å²) in [6, 6.07) is 3.77. The molecule has 1 unspecified atom stereocenters. The Morgan fingerprint density at radius 1 is 1.21 bits per heavy atom. The summed E-state index contributed by atoms with van der Waals surface area (Å²) in [6.45, 7) is 1.84. The molecule has 0 fully saturated rings. The van der Waals surface area contributed by atoms with Gasteiger partial charge in [0.25, 0.3) is 11.8 Å². The Morgan fingerprint density at radius 3 is 2.54 bits per heavy atom. The molecule has 0 saturated carbocycles. The first-order valence-corrected chi connectivity index (χ1v) is 8.23. The van der Waals surface area contributed by atoms with E-state index in [0.29, 0.717) is 24.1 Å². The monoisotopic (exact) mass is 347 g/mol. The number of thiophene rings is 1. The van der Waals surface area contributed by atoms with Gasteiger partial charge in [-0.05, 0) is 30.0 Å². The van der Waals surface area contributed by atoms with Crippen molar-refractivity contribution in [1.82, 2.24) is 10.3 Å². The van der Waals surface area contributed by atoms with Crippen LogP contribution in [0.4, 0.5) is 5.69 Å². The highest BCUT2D eigenvalue weighted by Gasteiger charge is 2.22. The standard InChI is InChI=1S/C16H17N3O4S/c1-2-3-12(16(22)23)19-15(21)13-11(6-9-24-13)18-14(20)10-4-7-17-8-5-10/h4-9,12H,2-3H2,1H3,(H,18,20)(H,19,21)(H,22,23). The molecule has 0 aliphatic carbocycles. The second kappa shape index (κ2) is 8.21. The molecular formula is C16H17N3O4S. The highest BCUT2D eigenvalue weighted by atomic mass is 32.1. The number of carboxylic acids is 1. The molecule has 24 heavy (non-hydrogen) atoms. The first kappa shape index (κ1) is 17.6. The van der Waals surface area contributed by atoms with E-state index in [9.17, 15) is 14.4 Å². The largest absolute Gasteiger partial charge is 0.480 e. The van der Waals surface area contributed by atoms with Crippen molar-refractivity contribution >= 4 is 34.8 Å². The number of rotatable bonds is 7. The number of amides is 2. The van der Waals surface area contributed by atoms with E-state index in [-0.39, 0.29) is 10.8 Å².